The van der Waals surface area contributed by atoms with Crippen LogP contribution in [0.3, 0.4) is 0 Å². The van der Waals surface area contributed by atoms with Gasteiger partial charge in [-0.2, -0.15) is 0 Å². The molecule has 0 aliphatic heterocycles. The van der Waals surface area contributed by atoms with E-state index in [2.05, 4.69) is 15.3 Å². The van der Waals surface area contributed by atoms with Crippen LogP contribution >= 0.6 is 0 Å². The van der Waals surface area contributed by atoms with Crippen LogP contribution < -0.4 is 5.32 Å². The second kappa shape index (κ2) is 2.94. The zero-order valence-corrected chi connectivity index (χ0v) is 9.38. The molecule has 2 aliphatic rings. The van der Waals surface area contributed by atoms with E-state index in [1.54, 1.807) is 0 Å². The van der Waals surface area contributed by atoms with Crippen LogP contribution in [0.2, 0.25) is 0 Å². The molecule has 0 amide bonds. The molecule has 2 saturated carbocycles. The highest BCUT2D eigenvalue weighted by Gasteiger charge is 2.57. The van der Waals surface area contributed by atoms with E-state index in [0.717, 1.165) is 23.3 Å². The molecule has 1 heterocycles. The van der Waals surface area contributed by atoms with Gasteiger partial charge < -0.3 is 5.32 Å². The van der Waals surface area contributed by atoms with E-state index in [9.17, 15) is 0 Å². The van der Waals surface area contributed by atoms with Gasteiger partial charge in [-0.1, -0.05) is 6.42 Å². The molecular formula is C12H17N3. The molecule has 0 unspecified atom stereocenters. The summed E-state index contributed by atoms with van der Waals surface area (Å²) in [6.45, 7) is 4.05. The van der Waals surface area contributed by atoms with Gasteiger partial charge >= 0.3 is 0 Å². The van der Waals surface area contributed by atoms with Gasteiger partial charge in [-0.15, -0.1) is 0 Å². The average Bonchev–Trinajstić information content (AvgIpc) is 2.65. The summed E-state index contributed by atoms with van der Waals surface area (Å²) in [5.41, 5.74) is 2.48. The normalized spacial score (nSPS) is 32.5. The van der Waals surface area contributed by atoms with Crippen LogP contribution in [-0.2, 0) is 0 Å². The smallest absolute Gasteiger partial charge is 0.223 e. The Morgan fingerprint density at radius 2 is 2.07 bits per heavy atom. The van der Waals surface area contributed by atoms with Crippen LogP contribution in [0.25, 0.3) is 0 Å². The standard InChI is InChI=1S/C12H17N3/c1-8-6-9(2)14-11(13-8)15-12-5-3-4-10(12)7-12/h6,10H,3-5,7H2,1-2H3,(H,13,14,15)/t10-,12-/m1/s1. The van der Waals surface area contributed by atoms with Crippen molar-refractivity contribution in [1.29, 1.82) is 0 Å². The SMILES string of the molecule is Cc1cc(C)nc(N[C@@]23CCC[C@@H]2C3)n1. The van der Waals surface area contributed by atoms with E-state index in [1.807, 2.05) is 19.9 Å². The van der Waals surface area contributed by atoms with Crippen molar-refractivity contribution in [2.45, 2.75) is 45.1 Å². The zero-order chi connectivity index (χ0) is 10.5. The molecule has 3 nitrogen and oxygen atoms in total. The summed E-state index contributed by atoms with van der Waals surface area (Å²) >= 11 is 0. The Kier molecular flexibility index (Phi) is 1.79. The van der Waals surface area contributed by atoms with E-state index in [1.165, 1.54) is 25.7 Å². The van der Waals surface area contributed by atoms with Crippen molar-refractivity contribution in [2.24, 2.45) is 5.92 Å². The Balaban J connectivity index is 1.82. The quantitative estimate of drug-likeness (QED) is 0.802. The van der Waals surface area contributed by atoms with Crippen LogP contribution in [0, 0.1) is 19.8 Å². The van der Waals surface area contributed by atoms with E-state index in [4.69, 9.17) is 0 Å². The van der Waals surface area contributed by atoms with Gasteiger partial charge in [0.1, 0.15) is 0 Å². The molecule has 2 atom stereocenters. The molecule has 1 aromatic rings. The molecule has 0 bridgehead atoms. The van der Waals surface area contributed by atoms with Gasteiger partial charge in [0.15, 0.2) is 0 Å². The first kappa shape index (κ1) is 9.13. The predicted octanol–water partition coefficient (Wildman–Crippen LogP) is 2.45. The first-order valence-electron chi connectivity index (χ1n) is 5.78. The fourth-order valence-electron chi connectivity index (χ4n) is 2.95. The van der Waals surface area contributed by atoms with Crippen molar-refractivity contribution in [2.75, 3.05) is 5.32 Å². The van der Waals surface area contributed by atoms with Gasteiger partial charge in [0.2, 0.25) is 5.95 Å². The van der Waals surface area contributed by atoms with Crippen molar-refractivity contribution in [3.05, 3.63) is 17.5 Å². The lowest BCUT2D eigenvalue weighted by Crippen LogP contribution is -2.22. The predicted molar refractivity (Wildman–Crippen MR) is 59.8 cm³/mol. The van der Waals surface area contributed by atoms with Crippen LogP contribution in [0.4, 0.5) is 5.95 Å². The Labute approximate surface area is 90.3 Å². The summed E-state index contributed by atoms with van der Waals surface area (Å²) < 4.78 is 0. The number of nitrogens with one attached hydrogen (secondary N) is 1. The highest BCUT2D eigenvalue weighted by molar-refractivity contribution is 5.38. The largest absolute Gasteiger partial charge is 0.348 e. The maximum atomic E-state index is 4.45. The van der Waals surface area contributed by atoms with Gasteiger partial charge in [0.25, 0.3) is 0 Å². The van der Waals surface area contributed by atoms with E-state index in [0.29, 0.717) is 5.54 Å². The molecule has 2 aliphatic carbocycles. The molecule has 0 spiro atoms. The molecule has 3 heteroatoms. The summed E-state index contributed by atoms with van der Waals surface area (Å²) in [5, 5.41) is 3.55. The minimum Gasteiger partial charge on any atom is -0.348 e. The van der Waals surface area contributed by atoms with Crippen LogP contribution in [0.1, 0.15) is 37.1 Å². The molecular weight excluding hydrogens is 186 g/mol. The van der Waals surface area contributed by atoms with Gasteiger partial charge in [-0.3, -0.25) is 0 Å². The number of rotatable bonds is 2. The Morgan fingerprint density at radius 3 is 2.60 bits per heavy atom. The van der Waals surface area contributed by atoms with Gasteiger partial charge in [0.05, 0.1) is 0 Å². The minimum atomic E-state index is 0.375. The van der Waals surface area contributed by atoms with Crippen molar-refractivity contribution in [3.63, 3.8) is 0 Å². The first-order chi connectivity index (χ1) is 7.18. The van der Waals surface area contributed by atoms with Crippen molar-refractivity contribution in [3.8, 4) is 0 Å². The number of nitrogens with zero attached hydrogens (tertiary/aromatic N) is 2. The molecule has 2 fully saturated rings. The minimum absolute atomic E-state index is 0.375. The first-order valence-corrected chi connectivity index (χ1v) is 5.78. The lowest BCUT2D eigenvalue weighted by Gasteiger charge is -2.15. The molecule has 0 radical (unpaired) electrons. The number of hydrogen-bond donors (Lipinski definition) is 1. The molecule has 1 N–H and O–H groups in total. The molecule has 3 rings (SSSR count). The van der Waals surface area contributed by atoms with Crippen molar-refractivity contribution in [1.82, 2.24) is 9.97 Å². The van der Waals surface area contributed by atoms with Gasteiger partial charge in [-0.05, 0) is 45.1 Å². The Bertz CT molecular complexity index is 382. The topological polar surface area (TPSA) is 37.8 Å². The number of aromatic nitrogens is 2. The number of anilines is 1. The third-order valence-corrected chi connectivity index (χ3v) is 3.75. The number of hydrogen-bond acceptors (Lipinski definition) is 3. The third-order valence-electron chi connectivity index (χ3n) is 3.75. The van der Waals surface area contributed by atoms with Crippen LogP contribution in [0.15, 0.2) is 6.07 Å². The summed E-state index contributed by atoms with van der Waals surface area (Å²) in [5.74, 6) is 1.72. The number of fused-ring (bicyclic) bond motifs is 1. The lowest BCUT2D eigenvalue weighted by atomic mass is 10.2. The second-order valence-electron chi connectivity index (χ2n) is 5.05. The maximum Gasteiger partial charge on any atom is 0.223 e. The molecule has 1 aromatic heterocycles. The third kappa shape index (κ3) is 1.50. The van der Waals surface area contributed by atoms with Crippen molar-refractivity contribution < 1.29 is 0 Å². The molecule has 80 valence electrons. The van der Waals surface area contributed by atoms with Crippen molar-refractivity contribution >= 4 is 5.95 Å². The fraction of sp³-hybridized carbons (Fsp3) is 0.667. The average molecular weight is 203 g/mol. The molecule has 15 heavy (non-hydrogen) atoms. The summed E-state index contributed by atoms with van der Waals surface area (Å²) in [6.07, 6.45) is 5.37. The van der Waals surface area contributed by atoms with E-state index in [-0.39, 0.29) is 0 Å². The Hall–Kier alpha value is -1.12. The molecule has 0 aromatic carbocycles. The van der Waals surface area contributed by atoms with Crippen LogP contribution in [-0.4, -0.2) is 15.5 Å². The highest BCUT2D eigenvalue weighted by atomic mass is 15.2. The Morgan fingerprint density at radius 1 is 1.33 bits per heavy atom. The summed E-state index contributed by atoms with van der Waals surface area (Å²) in [6, 6.07) is 2.02. The van der Waals surface area contributed by atoms with Gasteiger partial charge in [-0.25, -0.2) is 9.97 Å². The lowest BCUT2D eigenvalue weighted by molar-refractivity contribution is 0.681. The van der Waals surface area contributed by atoms with E-state index >= 15 is 0 Å². The monoisotopic (exact) mass is 203 g/mol. The molecule has 0 saturated heterocycles. The van der Waals surface area contributed by atoms with E-state index < -0.39 is 0 Å². The maximum absolute atomic E-state index is 4.45. The second-order valence-corrected chi connectivity index (χ2v) is 5.05. The zero-order valence-electron chi connectivity index (χ0n) is 9.38. The number of aryl methyl sites for hydroxylation is 2. The fourth-order valence-corrected chi connectivity index (χ4v) is 2.95. The highest BCUT2D eigenvalue weighted by Crippen LogP contribution is 2.57. The summed E-state index contributed by atoms with van der Waals surface area (Å²) in [4.78, 5) is 8.89. The van der Waals surface area contributed by atoms with Gasteiger partial charge in [0, 0.05) is 16.9 Å². The van der Waals surface area contributed by atoms with Crippen LogP contribution in [0.5, 0.6) is 0 Å². The summed E-state index contributed by atoms with van der Waals surface area (Å²) in [7, 11) is 0.